The highest BCUT2D eigenvalue weighted by atomic mass is 35.5. The summed E-state index contributed by atoms with van der Waals surface area (Å²) in [7, 11) is 0. The normalized spacial score (nSPS) is 22.0. The Hall–Kier alpha value is -5.09. The Morgan fingerprint density at radius 3 is 2.23 bits per heavy atom. The molecular weight excluding hydrogens is 892 g/mol. The Balaban J connectivity index is 0.682. The van der Waals surface area contributed by atoms with E-state index in [1.165, 1.54) is 6.42 Å². The molecule has 0 unspecified atom stereocenters. The van der Waals surface area contributed by atoms with Crippen LogP contribution in [0, 0.1) is 11.8 Å². The van der Waals surface area contributed by atoms with E-state index in [0.29, 0.717) is 62.7 Å². The van der Waals surface area contributed by atoms with E-state index in [1.807, 2.05) is 70.6 Å². The first kappa shape index (κ1) is 47.6. The molecule has 4 aliphatic heterocycles. The van der Waals surface area contributed by atoms with Crippen molar-refractivity contribution < 1.29 is 23.9 Å². The van der Waals surface area contributed by atoms with Crippen molar-refractivity contribution in [3.8, 4) is 0 Å². The fraction of sp³-hybridized carbons (Fsp3) is 0.585. The molecule has 2 aromatic heterocycles. The van der Waals surface area contributed by atoms with Crippen molar-refractivity contribution in [3.63, 3.8) is 0 Å². The highest BCUT2D eigenvalue weighted by Crippen LogP contribution is 2.37. The lowest BCUT2D eigenvalue weighted by molar-refractivity contribution is -0.139. The Labute approximate surface area is 410 Å². The number of piperidine rings is 3. The van der Waals surface area contributed by atoms with Gasteiger partial charge in [0.15, 0.2) is 0 Å². The second kappa shape index (κ2) is 21.1. The van der Waals surface area contributed by atoms with Crippen molar-refractivity contribution in [2.45, 2.75) is 126 Å². The molecule has 69 heavy (non-hydrogen) atoms. The molecule has 4 aromatic rings. The number of carbonyl (C=O) groups is 4. The van der Waals surface area contributed by atoms with E-state index in [-0.39, 0.29) is 59.6 Å². The first-order valence-electron chi connectivity index (χ1n) is 25.8. The van der Waals surface area contributed by atoms with E-state index in [0.717, 1.165) is 118 Å². The van der Waals surface area contributed by atoms with Gasteiger partial charge in [0.1, 0.15) is 23.8 Å². The van der Waals surface area contributed by atoms with Gasteiger partial charge in [-0.05, 0) is 118 Å². The Bertz CT molecular complexity index is 2430. The summed E-state index contributed by atoms with van der Waals surface area (Å²) < 4.78 is 6.72. The predicted octanol–water partition coefficient (Wildman–Crippen LogP) is 6.34. The van der Waals surface area contributed by atoms with E-state index in [4.69, 9.17) is 22.1 Å². The maximum absolute atomic E-state index is 14.3. The number of halogens is 1. The van der Waals surface area contributed by atoms with Gasteiger partial charge in [-0.3, -0.25) is 19.2 Å². The van der Waals surface area contributed by atoms with Crippen LogP contribution in [0.5, 0.6) is 0 Å². The van der Waals surface area contributed by atoms with Crippen LogP contribution < -0.4 is 21.3 Å². The van der Waals surface area contributed by atoms with Gasteiger partial charge in [-0.2, -0.15) is 0 Å². The standard InChI is InChI=1S/C53H69ClN10O5/c54-41-13-11-35(12-14-41)45(59-52(68)53(55)21-29-62(30-22-53)48-44-15-23-56-47(44)57-34-58-48)20-26-61-24-16-42(17-25-61)69-43-18-27-63(28-19-43)51(67)46(36-5-2-1-3-6-36)60-49(65)39-8-4-7-38(31-39)40-32-64(33-40)50(66)37-9-10-37/h4,7-8,11-15,23,31,34,36-37,40,42-43,45-46H,1-3,5-6,9-10,16-22,24-30,32-33,55H2,(H,59,68)(H,60,65)(H,56,57,58)/t45-,46+/m0/s1. The number of aromatic nitrogens is 3. The second-order valence-corrected chi connectivity index (χ2v) is 21.3. The number of fused-ring (bicyclic) bond motifs is 1. The fourth-order valence-electron chi connectivity index (χ4n) is 11.5. The van der Waals surface area contributed by atoms with Crippen molar-refractivity contribution in [1.29, 1.82) is 0 Å². The van der Waals surface area contributed by atoms with Crippen molar-refractivity contribution in [3.05, 3.63) is 88.8 Å². The monoisotopic (exact) mass is 961 g/mol. The quantitative estimate of drug-likeness (QED) is 0.105. The fourth-order valence-corrected chi connectivity index (χ4v) is 11.6. The first-order valence-corrected chi connectivity index (χ1v) is 26.2. The number of nitrogens with zero attached hydrogens (tertiary/aromatic N) is 6. The number of carbonyl (C=O) groups excluding carboxylic acids is 4. The number of nitrogens with two attached hydrogens (primary N) is 1. The van der Waals surface area contributed by atoms with E-state index in [9.17, 15) is 19.2 Å². The summed E-state index contributed by atoms with van der Waals surface area (Å²) in [4.78, 5) is 75.3. The van der Waals surface area contributed by atoms with Gasteiger partial charge < -0.3 is 45.7 Å². The minimum atomic E-state index is -0.997. The first-order chi connectivity index (χ1) is 33.6. The number of aromatic amines is 1. The molecule has 2 atom stereocenters. The molecule has 5 N–H and O–H groups in total. The van der Waals surface area contributed by atoms with Crippen LogP contribution in [0.1, 0.15) is 123 Å². The molecular formula is C53H69ClN10O5. The SMILES string of the molecule is NC1(C(=O)N[C@@H](CCN2CCC(OC3CCN(C(=O)[C@H](NC(=O)c4cccc(C5CN(C(=O)C6CC6)C5)c4)C4CCCCC4)CC3)CC2)c2ccc(Cl)cc2)CCN(c2ncnc3[nH]ccc23)CC1. The lowest BCUT2D eigenvalue weighted by atomic mass is 9.83. The van der Waals surface area contributed by atoms with Gasteiger partial charge in [-0.1, -0.05) is 55.1 Å². The third-order valence-corrected chi connectivity index (χ3v) is 16.4. The van der Waals surface area contributed by atoms with Crippen molar-refractivity contribution in [2.75, 3.05) is 63.8 Å². The van der Waals surface area contributed by atoms with Crippen molar-refractivity contribution >= 4 is 52.1 Å². The van der Waals surface area contributed by atoms with Crippen LogP contribution in [0.25, 0.3) is 11.0 Å². The number of anilines is 1. The number of benzene rings is 2. The zero-order chi connectivity index (χ0) is 47.5. The number of hydrogen-bond acceptors (Lipinski definition) is 10. The van der Waals surface area contributed by atoms with E-state index in [1.54, 1.807) is 6.33 Å². The molecule has 15 nitrogen and oxygen atoms in total. The van der Waals surface area contributed by atoms with E-state index >= 15 is 0 Å². The average molecular weight is 962 g/mol. The van der Waals surface area contributed by atoms with Gasteiger partial charge in [0, 0.05) is 87.5 Å². The van der Waals surface area contributed by atoms with Crippen molar-refractivity contribution in [2.24, 2.45) is 17.6 Å². The van der Waals surface area contributed by atoms with Crippen LogP contribution in [0.2, 0.25) is 5.02 Å². The van der Waals surface area contributed by atoms with Crippen LogP contribution >= 0.6 is 11.6 Å². The molecule has 368 valence electrons. The molecule has 6 aliphatic rings. The molecule has 0 bridgehead atoms. The molecule has 4 amide bonds. The van der Waals surface area contributed by atoms with Gasteiger partial charge in [0.25, 0.3) is 5.91 Å². The van der Waals surface area contributed by atoms with Gasteiger partial charge in [0.05, 0.1) is 29.2 Å². The molecule has 0 radical (unpaired) electrons. The summed E-state index contributed by atoms with van der Waals surface area (Å²) in [5.74, 6) is 1.41. The second-order valence-electron chi connectivity index (χ2n) is 20.8. The Morgan fingerprint density at radius 1 is 0.812 bits per heavy atom. The minimum Gasteiger partial charge on any atom is -0.375 e. The number of nitrogens with one attached hydrogen (secondary N) is 3. The molecule has 16 heteroatoms. The maximum Gasteiger partial charge on any atom is 0.251 e. The third-order valence-electron chi connectivity index (χ3n) is 16.1. The summed E-state index contributed by atoms with van der Waals surface area (Å²) >= 11 is 6.29. The maximum atomic E-state index is 14.3. The number of likely N-dealkylation sites (tertiary alicyclic amines) is 3. The molecule has 6 fully saturated rings. The number of ether oxygens (including phenoxy) is 1. The lowest BCUT2D eigenvalue weighted by Crippen LogP contribution is -2.60. The smallest absolute Gasteiger partial charge is 0.251 e. The molecule has 4 saturated heterocycles. The molecule has 2 aromatic carbocycles. The zero-order valence-electron chi connectivity index (χ0n) is 39.8. The number of rotatable bonds is 15. The topological polar surface area (TPSA) is 182 Å². The van der Waals surface area contributed by atoms with Crippen LogP contribution in [-0.2, 0) is 19.1 Å². The Kier molecular flexibility index (Phi) is 14.5. The van der Waals surface area contributed by atoms with E-state index in [2.05, 4.69) is 35.4 Å². The summed E-state index contributed by atoms with van der Waals surface area (Å²) in [5.41, 5.74) is 9.34. The van der Waals surface area contributed by atoms with Crippen LogP contribution in [0.4, 0.5) is 5.82 Å². The number of hydrogen-bond donors (Lipinski definition) is 4. The average Bonchev–Trinajstić information content (AvgIpc) is 4.11. The van der Waals surface area contributed by atoms with Crippen molar-refractivity contribution in [1.82, 2.24) is 40.3 Å². The predicted molar refractivity (Wildman–Crippen MR) is 266 cm³/mol. The number of amides is 4. The largest absolute Gasteiger partial charge is 0.375 e. The minimum absolute atomic E-state index is 0.0310. The highest BCUT2D eigenvalue weighted by molar-refractivity contribution is 6.30. The summed E-state index contributed by atoms with van der Waals surface area (Å²) in [6.45, 7) is 6.51. The van der Waals surface area contributed by atoms with Gasteiger partial charge in [-0.15, -0.1) is 0 Å². The molecule has 2 aliphatic carbocycles. The summed E-state index contributed by atoms with van der Waals surface area (Å²) in [6, 6.07) is 16.7. The van der Waals surface area contributed by atoms with Gasteiger partial charge in [-0.25, -0.2) is 9.97 Å². The third kappa shape index (κ3) is 11.1. The summed E-state index contributed by atoms with van der Waals surface area (Å²) in [6.07, 6.45) is 16.0. The van der Waals surface area contributed by atoms with Gasteiger partial charge in [0.2, 0.25) is 17.7 Å². The zero-order valence-corrected chi connectivity index (χ0v) is 40.6. The molecule has 6 heterocycles. The van der Waals surface area contributed by atoms with Crippen LogP contribution in [0.3, 0.4) is 0 Å². The lowest BCUT2D eigenvalue weighted by Gasteiger charge is -2.40. The highest BCUT2D eigenvalue weighted by Gasteiger charge is 2.42. The van der Waals surface area contributed by atoms with Crippen LogP contribution in [0.15, 0.2) is 67.1 Å². The van der Waals surface area contributed by atoms with Gasteiger partial charge >= 0.3 is 0 Å². The molecule has 2 saturated carbocycles. The molecule has 0 spiro atoms. The molecule has 10 rings (SSSR count). The summed E-state index contributed by atoms with van der Waals surface area (Å²) in [5, 5.41) is 8.19. The van der Waals surface area contributed by atoms with E-state index < -0.39 is 11.6 Å². The van der Waals surface area contributed by atoms with Crippen LogP contribution in [-0.4, -0.2) is 136 Å². The number of H-pyrrole nitrogens is 1. The Morgan fingerprint density at radius 2 is 1.52 bits per heavy atom.